The third-order valence-electron chi connectivity index (χ3n) is 5.53. The first-order valence-corrected chi connectivity index (χ1v) is 11.3. The monoisotopic (exact) mass is 444 g/mol. The molecule has 0 aliphatic carbocycles. The van der Waals surface area contributed by atoms with Gasteiger partial charge in [0.1, 0.15) is 11.3 Å². The van der Waals surface area contributed by atoms with Gasteiger partial charge in [-0.3, -0.25) is 4.79 Å². The van der Waals surface area contributed by atoms with Crippen LogP contribution in [0.5, 0.6) is 0 Å². The Labute approximate surface area is 185 Å². The molecule has 0 unspecified atom stereocenters. The molecule has 0 radical (unpaired) electrons. The molecule has 0 aliphatic rings. The molecule has 0 spiro atoms. The van der Waals surface area contributed by atoms with Crippen molar-refractivity contribution in [3.05, 3.63) is 94.9 Å². The molecular weight excluding hydrogens is 424 g/mol. The quantitative estimate of drug-likeness (QED) is 0.398. The molecule has 0 fully saturated rings. The first kappa shape index (κ1) is 20.2. The minimum absolute atomic E-state index is 0.0776. The van der Waals surface area contributed by atoms with E-state index >= 15 is 0 Å². The van der Waals surface area contributed by atoms with Gasteiger partial charge in [-0.25, -0.2) is 13.1 Å². The van der Waals surface area contributed by atoms with E-state index in [0.29, 0.717) is 11.0 Å². The predicted molar refractivity (Wildman–Crippen MR) is 127 cm³/mol. The van der Waals surface area contributed by atoms with Gasteiger partial charge in [0, 0.05) is 47.3 Å². The Morgan fingerprint density at radius 1 is 0.906 bits per heavy atom. The van der Waals surface area contributed by atoms with Crippen molar-refractivity contribution in [2.24, 2.45) is 7.05 Å². The lowest BCUT2D eigenvalue weighted by molar-refractivity contribution is 0.601. The largest absolute Gasteiger partial charge is 0.455 e. The molecule has 32 heavy (non-hydrogen) atoms. The zero-order valence-corrected chi connectivity index (χ0v) is 18.1. The minimum atomic E-state index is -2.72. The number of furan rings is 1. The van der Waals surface area contributed by atoms with Crippen molar-refractivity contribution in [1.82, 2.24) is 9.29 Å². The highest BCUT2D eigenvalue weighted by molar-refractivity contribution is 7.70. The molecule has 0 aliphatic heterocycles. The lowest BCUT2D eigenvalue weighted by atomic mass is 9.97. The first-order chi connectivity index (χ1) is 15.5. The van der Waals surface area contributed by atoms with Crippen molar-refractivity contribution in [1.29, 1.82) is 0 Å². The van der Waals surface area contributed by atoms with E-state index in [2.05, 4.69) is 4.72 Å². The molecule has 0 saturated heterocycles. The predicted octanol–water partition coefficient (Wildman–Crippen LogP) is 4.23. The molecule has 7 heteroatoms. The summed E-state index contributed by atoms with van der Waals surface area (Å²) in [6.45, 7) is 0.164. The van der Waals surface area contributed by atoms with Gasteiger partial charge in [-0.15, -0.1) is 0 Å². The molecule has 2 heterocycles. The van der Waals surface area contributed by atoms with Crippen LogP contribution in [0.15, 0.2) is 88.2 Å². The van der Waals surface area contributed by atoms with E-state index in [9.17, 15) is 13.2 Å². The summed E-state index contributed by atoms with van der Waals surface area (Å²) in [4.78, 5) is 12.7. The number of nitrogens with one attached hydrogen (secondary N) is 1. The SMILES string of the molecule is Cn1cc(-c2cc(CN[SH](=O)=O)cc3cc(-c4ccccc4)oc23)c2ccccc2c1=O. The topological polar surface area (TPSA) is 81.3 Å². The molecule has 0 atom stereocenters. The molecule has 3 aromatic carbocycles. The Hall–Kier alpha value is -3.68. The summed E-state index contributed by atoms with van der Waals surface area (Å²) in [5.74, 6) is 0.719. The van der Waals surface area contributed by atoms with Crippen LogP contribution in [0.2, 0.25) is 0 Å². The number of benzene rings is 3. The van der Waals surface area contributed by atoms with Crippen LogP contribution in [0.25, 0.3) is 44.2 Å². The van der Waals surface area contributed by atoms with Crippen LogP contribution in [0, 0.1) is 0 Å². The molecular formula is C25H20N2O4S. The van der Waals surface area contributed by atoms with Crippen LogP contribution in [-0.4, -0.2) is 13.0 Å². The third kappa shape index (κ3) is 3.62. The maximum atomic E-state index is 12.7. The summed E-state index contributed by atoms with van der Waals surface area (Å²) in [5, 5.41) is 2.29. The van der Waals surface area contributed by atoms with Crippen LogP contribution < -0.4 is 10.3 Å². The van der Waals surface area contributed by atoms with E-state index < -0.39 is 10.9 Å². The number of nitrogens with zero attached hydrogens (tertiary/aromatic N) is 1. The van der Waals surface area contributed by atoms with Gasteiger partial charge in [0.15, 0.2) is 0 Å². The summed E-state index contributed by atoms with van der Waals surface area (Å²) in [6.07, 6.45) is 1.80. The highest BCUT2D eigenvalue weighted by atomic mass is 32.2. The van der Waals surface area contributed by atoms with E-state index in [1.807, 2.05) is 72.8 Å². The van der Waals surface area contributed by atoms with Crippen molar-refractivity contribution in [3.8, 4) is 22.5 Å². The van der Waals surface area contributed by atoms with Gasteiger partial charge < -0.3 is 8.98 Å². The van der Waals surface area contributed by atoms with Gasteiger partial charge in [-0.2, -0.15) is 0 Å². The lowest BCUT2D eigenvalue weighted by Crippen LogP contribution is -2.16. The second-order valence-corrected chi connectivity index (χ2v) is 8.47. The molecule has 160 valence electrons. The van der Waals surface area contributed by atoms with Gasteiger partial charge in [-0.1, -0.05) is 48.5 Å². The molecule has 5 aromatic rings. The van der Waals surface area contributed by atoms with Crippen LogP contribution >= 0.6 is 0 Å². The second kappa shape index (κ2) is 8.11. The smallest absolute Gasteiger partial charge is 0.258 e. The Balaban J connectivity index is 1.81. The minimum Gasteiger partial charge on any atom is -0.455 e. The lowest BCUT2D eigenvalue weighted by Gasteiger charge is -2.12. The number of aromatic nitrogens is 1. The molecule has 0 saturated carbocycles. The summed E-state index contributed by atoms with van der Waals surface area (Å²) < 4.78 is 32.6. The Kier molecular flexibility index (Phi) is 5.13. The maximum Gasteiger partial charge on any atom is 0.258 e. The average Bonchev–Trinajstić information content (AvgIpc) is 3.24. The van der Waals surface area contributed by atoms with Crippen LogP contribution in [0.4, 0.5) is 0 Å². The molecule has 0 bridgehead atoms. The fraction of sp³-hybridized carbons (Fsp3) is 0.0800. The molecule has 0 amide bonds. The number of fused-ring (bicyclic) bond motifs is 2. The van der Waals surface area contributed by atoms with Gasteiger partial charge in [0.25, 0.3) is 5.56 Å². The van der Waals surface area contributed by atoms with E-state index in [-0.39, 0.29) is 12.1 Å². The standard InChI is InChI=1S/C25H20N2O4S/c1-27-15-22(19-9-5-6-10-20(19)25(27)28)21-12-16(14-26-32(29)30)11-18-13-23(31-24(18)21)17-7-3-2-4-8-17/h2-13,15,32H,14H2,1H3,(H,26,29,30). The summed E-state index contributed by atoms with van der Waals surface area (Å²) in [5.41, 5.74) is 3.99. The van der Waals surface area contributed by atoms with Gasteiger partial charge >= 0.3 is 0 Å². The van der Waals surface area contributed by atoms with E-state index in [4.69, 9.17) is 4.42 Å². The van der Waals surface area contributed by atoms with Crippen LogP contribution in [-0.2, 0) is 24.5 Å². The highest BCUT2D eigenvalue weighted by Gasteiger charge is 2.17. The first-order valence-electron chi connectivity index (χ1n) is 10.1. The number of rotatable bonds is 5. The summed E-state index contributed by atoms with van der Waals surface area (Å²) in [7, 11) is -0.996. The summed E-state index contributed by atoms with van der Waals surface area (Å²) >= 11 is 0. The van der Waals surface area contributed by atoms with Crippen molar-refractivity contribution < 1.29 is 12.8 Å². The number of hydrogen-bond donors (Lipinski definition) is 2. The van der Waals surface area contributed by atoms with Gasteiger partial charge in [0.2, 0.25) is 10.9 Å². The molecule has 5 rings (SSSR count). The van der Waals surface area contributed by atoms with Crippen LogP contribution in [0.1, 0.15) is 5.56 Å². The number of thiol groups is 1. The van der Waals surface area contributed by atoms with Crippen molar-refractivity contribution in [2.75, 3.05) is 0 Å². The van der Waals surface area contributed by atoms with Gasteiger partial charge in [-0.05, 0) is 35.2 Å². The molecule has 6 nitrogen and oxygen atoms in total. The van der Waals surface area contributed by atoms with Gasteiger partial charge in [0.05, 0.1) is 0 Å². The average molecular weight is 445 g/mol. The summed E-state index contributed by atoms with van der Waals surface area (Å²) in [6, 6.07) is 23.1. The van der Waals surface area contributed by atoms with E-state index in [0.717, 1.165) is 38.8 Å². The zero-order valence-electron chi connectivity index (χ0n) is 17.2. The number of pyridine rings is 1. The van der Waals surface area contributed by atoms with Crippen molar-refractivity contribution in [2.45, 2.75) is 6.54 Å². The Morgan fingerprint density at radius 2 is 1.62 bits per heavy atom. The second-order valence-electron chi connectivity index (χ2n) is 7.63. The fourth-order valence-corrected chi connectivity index (χ4v) is 4.36. The highest BCUT2D eigenvalue weighted by Crippen LogP contribution is 2.38. The zero-order chi connectivity index (χ0) is 22.2. The number of hydrogen-bond acceptors (Lipinski definition) is 4. The van der Waals surface area contributed by atoms with E-state index in [1.54, 1.807) is 17.8 Å². The number of aryl methyl sites for hydroxylation is 1. The third-order valence-corrected chi connectivity index (χ3v) is 5.94. The molecule has 1 N–H and O–H groups in total. The van der Waals surface area contributed by atoms with E-state index in [1.165, 1.54) is 0 Å². The maximum absolute atomic E-state index is 12.7. The van der Waals surface area contributed by atoms with Crippen molar-refractivity contribution in [3.63, 3.8) is 0 Å². The Bertz CT molecular complexity index is 1590. The Morgan fingerprint density at radius 3 is 2.38 bits per heavy atom. The fourth-order valence-electron chi connectivity index (χ4n) is 4.05. The van der Waals surface area contributed by atoms with Crippen LogP contribution in [0.3, 0.4) is 0 Å². The normalized spacial score (nSPS) is 11.6. The van der Waals surface area contributed by atoms with Crippen molar-refractivity contribution >= 4 is 32.6 Å². The molecule has 2 aromatic heterocycles.